The van der Waals surface area contributed by atoms with E-state index in [1.165, 1.54) is 20.3 Å². The van der Waals surface area contributed by atoms with E-state index in [1.54, 1.807) is 30.3 Å². The van der Waals surface area contributed by atoms with E-state index in [0.717, 1.165) is 5.56 Å². The van der Waals surface area contributed by atoms with Gasteiger partial charge in [-0.05, 0) is 49.7 Å². The number of halogens is 2. The molecule has 1 aliphatic heterocycles. The molecule has 1 amide bonds. The summed E-state index contributed by atoms with van der Waals surface area (Å²) in [4.78, 5) is 24.4. The molecular formula is C26H28ClFN4O3. The number of nitrogens with one attached hydrogen (secondary N) is 1. The standard InChI is InChI=1S/C26H28ClFN4O3/c1-34-22-15-23(35-2)30-25(29-22)24(17-7-9-20(27)10-8-17)31-26(33)18-11-13-32(14-12-18)16-19-5-3-4-6-21(19)28/h3-10,15,18,24H,11-14,16H2,1-2H3,(H,31,33). The van der Waals surface area contributed by atoms with Crippen molar-refractivity contribution in [3.63, 3.8) is 0 Å². The summed E-state index contributed by atoms with van der Waals surface area (Å²) in [6.07, 6.45) is 1.35. The fourth-order valence-corrected chi connectivity index (χ4v) is 4.32. The number of hydrogen-bond acceptors (Lipinski definition) is 6. The summed E-state index contributed by atoms with van der Waals surface area (Å²) < 4.78 is 24.6. The fourth-order valence-electron chi connectivity index (χ4n) is 4.19. The highest BCUT2D eigenvalue weighted by molar-refractivity contribution is 6.30. The zero-order valence-electron chi connectivity index (χ0n) is 19.7. The topological polar surface area (TPSA) is 76.6 Å². The quantitative estimate of drug-likeness (QED) is 0.496. The number of nitrogens with zero attached hydrogens (tertiary/aromatic N) is 3. The molecule has 0 saturated carbocycles. The van der Waals surface area contributed by atoms with Crippen molar-refractivity contribution in [3.8, 4) is 11.8 Å². The summed E-state index contributed by atoms with van der Waals surface area (Å²) in [6.45, 7) is 1.95. The van der Waals surface area contributed by atoms with Gasteiger partial charge < -0.3 is 14.8 Å². The van der Waals surface area contributed by atoms with E-state index < -0.39 is 6.04 Å². The number of rotatable bonds is 8. The van der Waals surface area contributed by atoms with E-state index >= 15 is 0 Å². The average molecular weight is 499 g/mol. The molecule has 3 aromatic rings. The average Bonchev–Trinajstić information content (AvgIpc) is 2.89. The Hall–Kier alpha value is -3.23. The Morgan fingerprint density at radius 1 is 1.09 bits per heavy atom. The van der Waals surface area contributed by atoms with Crippen molar-refractivity contribution >= 4 is 17.5 Å². The van der Waals surface area contributed by atoms with Crippen LogP contribution in [-0.2, 0) is 11.3 Å². The molecule has 1 saturated heterocycles. The van der Waals surface area contributed by atoms with Crippen LogP contribution in [0.2, 0.25) is 5.02 Å². The summed E-state index contributed by atoms with van der Waals surface area (Å²) in [5, 5.41) is 3.71. The van der Waals surface area contributed by atoms with E-state index in [1.807, 2.05) is 18.2 Å². The highest BCUT2D eigenvalue weighted by Gasteiger charge is 2.29. The van der Waals surface area contributed by atoms with Gasteiger partial charge in [-0.1, -0.05) is 41.9 Å². The van der Waals surface area contributed by atoms with Gasteiger partial charge in [0.15, 0.2) is 5.82 Å². The predicted molar refractivity (Wildman–Crippen MR) is 131 cm³/mol. The van der Waals surface area contributed by atoms with Gasteiger partial charge in [-0.15, -0.1) is 0 Å². The van der Waals surface area contributed by atoms with Gasteiger partial charge in [-0.25, -0.2) is 4.39 Å². The molecule has 1 N–H and O–H groups in total. The van der Waals surface area contributed by atoms with Crippen molar-refractivity contribution in [1.82, 2.24) is 20.2 Å². The van der Waals surface area contributed by atoms with Crippen molar-refractivity contribution in [1.29, 1.82) is 0 Å². The molecule has 0 bridgehead atoms. The Morgan fingerprint density at radius 2 is 1.71 bits per heavy atom. The summed E-state index contributed by atoms with van der Waals surface area (Å²) in [5.74, 6) is 0.568. The third kappa shape index (κ3) is 6.26. The van der Waals surface area contributed by atoms with Crippen LogP contribution < -0.4 is 14.8 Å². The van der Waals surface area contributed by atoms with Crippen LogP contribution in [0.25, 0.3) is 0 Å². The van der Waals surface area contributed by atoms with Gasteiger partial charge in [0.05, 0.1) is 20.3 Å². The second kappa shape index (κ2) is 11.5. The molecule has 0 radical (unpaired) electrons. The van der Waals surface area contributed by atoms with E-state index in [9.17, 15) is 9.18 Å². The van der Waals surface area contributed by atoms with Crippen LogP contribution in [-0.4, -0.2) is 48.1 Å². The maximum atomic E-state index is 14.0. The maximum absolute atomic E-state index is 14.0. The van der Waals surface area contributed by atoms with Gasteiger partial charge in [0.2, 0.25) is 17.7 Å². The number of aromatic nitrogens is 2. The van der Waals surface area contributed by atoms with Crippen LogP contribution in [0.4, 0.5) is 4.39 Å². The van der Waals surface area contributed by atoms with Gasteiger partial charge in [0.25, 0.3) is 0 Å². The first-order valence-corrected chi connectivity index (χ1v) is 11.8. The van der Waals surface area contributed by atoms with Crippen LogP contribution in [0, 0.1) is 11.7 Å². The first-order valence-electron chi connectivity index (χ1n) is 11.5. The van der Waals surface area contributed by atoms with Crippen molar-refractivity contribution in [2.45, 2.75) is 25.4 Å². The lowest BCUT2D eigenvalue weighted by Gasteiger charge is -2.32. The minimum Gasteiger partial charge on any atom is -0.481 e. The lowest BCUT2D eigenvalue weighted by atomic mass is 9.94. The number of benzene rings is 2. The zero-order chi connectivity index (χ0) is 24.8. The fraction of sp³-hybridized carbons (Fsp3) is 0.346. The lowest BCUT2D eigenvalue weighted by Crippen LogP contribution is -2.42. The second-order valence-electron chi connectivity index (χ2n) is 8.45. The van der Waals surface area contributed by atoms with E-state index in [2.05, 4.69) is 20.2 Å². The number of ether oxygens (including phenoxy) is 2. The monoisotopic (exact) mass is 498 g/mol. The molecule has 9 heteroatoms. The van der Waals surface area contributed by atoms with Crippen molar-refractivity contribution in [2.75, 3.05) is 27.3 Å². The lowest BCUT2D eigenvalue weighted by molar-refractivity contribution is -0.127. The molecule has 1 fully saturated rings. The van der Waals surface area contributed by atoms with Crippen molar-refractivity contribution in [3.05, 3.63) is 82.4 Å². The van der Waals surface area contributed by atoms with Gasteiger partial charge >= 0.3 is 0 Å². The number of carbonyl (C=O) groups is 1. The molecule has 1 atom stereocenters. The first kappa shape index (κ1) is 24.9. The molecule has 7 nitrogen and oxygen atoms in total. The Kier molecular flexibility index (Phi) is 8.15. The Balaban J connectivity index is 1.48. The number of likely N-dealkylation sites (tertiary alicyclic amines) is 1. The molecule has 35 heavy (non-hydrogen) atoms. The molecule has 1 unspecified atom stereocenters. The minimum absolute atomic E-state index is 0.0825. The molecule has 2 aromatic carbocycles. The molecule has 2 heterocycles. The molecule has 0 spiro atoms. The van der Waals surface area contributed by atoms with Gasteiger partial charge in [0.1, 0.15) is 11.9 Å². The summed E-state index contributed by atoms with van der Waals surface area (Å²) in [5.41, 5.74) is 1.46. The third-order valence-electron chi connectivity index (χ3n) is 6.17. The maximum Gasteiger partial charge on any atom is 0.224 e. The molecule has 0 aliphatic carbocycles. The summed E-state index contributed by atoms with van der Waals surface area (Å²) in [7, 11) is 3.02. The van der Waals surface area contributed by atoms with Crippen molar-refractivity contribution in [2.24, 2.45) is 5.92 Å². The molecular weight excluding hydrogens is 471 g/mol. The van der Waals surface area contributed by atoms with Crippen LogP contribution in [0.1, 0.15) is 35.8 Å². The van der Waals surface area contributed by atoms with Gasteiger partial charge in [-0.3, -0.25) is 9.69 Å². The number of methoxy groups -OCH3 is 2. The van der Waals surface area contributed by atoms with Crippen LogP contribution in [0.3, 0.4) is 0 Å². The molecule has 4 rings (SSSR count). The highest BCUT2D eigenvalue weighted by atomic mass is 35.5. The van der Waals surface area contributed by atoms with Crippen LogP contribution in [0.5, 0.6) is 11.8 Å². The highest BCUT2D eigenvalue weighted by Crippen LogP contribution is 2.27. The van der Waals surface area contributed by atoms with Crippen molar-refractivity contribution < 1.29 is 18.7 Å². The second-order valence-corrected chi connectivity index (χ2v) is 8.88. The summed E-state index contributed by atoms with van der Waals surface area (Å²) in [6, 6.07) is 15.0. The van der Waals surface area contributed by atoms with E-state index in [0.29, 0.717) is 60.6 Å². The predicted octanol–water partition coefficient (Wildman–Crippen LogP) is 4.40. The Labute approximate surface area is 209 Å². The zero-order valence-corrected chi connectivity index (χ0v) is 20.5. The number of amides is 1. The SMILES string of the molecule is COc1cc(OC)nc(C(NC(=O)C2CCN(Cc3ccccc3F)CC2)c2ccc(Cl)cc2)n1. The number of piperidine rings is 1. The Morgan fingerprint density at radius 3 is 2.31 bits per heavy atom. The number of carbonyl (C=O) groups excluding carboxylic acids is 1. The summed E-state index contributed by atoms with van der Waals surface area (Å²) >= 11 is 6.08. The molecule has 1 aliphatic rings. The first-order chi connectivity index (χ1) is 17.0. The third-order valence-corrected chi connectivity index (χ3v) is 6.42. The smallest absolute Gasteiger partial charge is 0.224 e. The minimum atomic E-state index is -0.611. The van der Waals surface area contributed by atoms with Gasteiger partial charge in [-0.2, -0.15) is 9.97 Å². The number of hydrogen-bond donors (Lipinski definition) is 1. The Bertz CT molecular complexity index is 1130. The van der Waals surface area contributed by atoms with Crippen LogP contribution in [0.15, 0.2) is 54.6 Å². The van der Waals surface area contributed by atoms with E-state index in [4.69, 9.17) is 21.1 Å². The largest absolute Gasteiger partial charge is 0.481 e. The van der Waals surface area contributed by atoms with Crippen LogP contribution >= 0.6 is 11.6 Å². The van der Waals surface area contributed by atoms with Gasteiger partial charge in [0, 0.05) is 23.0 Å². The molecule has 184 valence electrons. The normalized spacial score (nSPS) is 15.4. The molecule has 1 aromatic heterocycles. The van der Waals surface area contributed by atoms with E-state index in [-0.39, 0.29) is 17.6 Å².